The summed E-state index contributed by atoms with van der Waals surface area (Å²) in [6.45, 7) is 3.92. The van der Waals surface area contributed by atoms with E-state index >= 15 is 0 Å². The third-order valence-electron chi connectivity index (χ3n) is 4.28. The van der Waals surface area contributed by atoms with Crippen molar-refractivity contribution in [1.29, 1.82) is 0 Å². The molecule has 25 heavy (non-hydrogen) atoms. The van der Waals surface area contributed by atoms with E-state index in [1.54, 1.807) is 25.3 Å². The number of halogens is 2. The maximum absolute atomic E-state index is 13.5. The van der Waals surface area contributed by atoms with Crippen molar-refractivity contribution in [3.8, 4) is 11.3 Å². The molecular weight excluding hydrogens is 324 g/mol. The summed E-state index contributed by atoms with van der Waals surface area (Å²) in [5.74, 6) is -2.35. The molecule has 0 atom stereocenters. The molecule has 4 nitrogen and oxygen atoms in total. The highest BCUT2D eigenvalue weighted by Gasteiger charge is 2.23. The number of nitrogens with zero attached hydrogens (tertiary/aromatic N) is 2. The number of nitrogens with two attached hydrogens (primary N) is 1. The molecular formula is C19H17F2N3O. The van der Waals surface area contributed by atoms with Crippen LogP contribution in [0.25, 0.3) is 11.3 Å². The maximum Gasteiger partial charge on any atom is 0.251 e. The van der Waals surface area contributed by atoms with Gasteiger partial charge in [0.2, 0.25) is 0 Å². The van der Waals surface area contributed by atoms with Gasteiger partial charge in [0.15, 0.2) is 11.6 Å². The highest BCUT2D eigenvalue weighted by molar-refractivity contribution is 6.01. The summed E-state index contributed by atoms with van der Waals surface area (Å²) in [5, 5.41) is 0. The van der Waals surface area contributed by atoms with Gasteiger partial charge in [0.1, 0.15) is 0 Å². The first-order valence-corrected chi connectivity index (χ1v) is 7.75. The normalized spacial score (nSPS) is 10.9. The molecule has 0 saturated carbocycles. The summed E-state index contributed by atoms with van der Waals surface area (Å²) < 4.78 is 28.5. The number of benzene rings is 1. The van der Waals surface area contributed by atoms with E-state index in [4.69, 9.17) is 5.73 Å². The van der Waals surface area contributed by atoms with Crippen molar-refractivity contribution >= 4 is 5.91 Å². The molecule has 0 aliphatic heterocycles. The van der Waals surface area contributed by atoms with Crippen LogP contribution in [0.15, 0.2) is 42.6 Å². The molecule has 1 aromatic carbocycles. The molecule has 0 saturated heterocycles. The number of hydrogen-bond donors (Lipinski definition) is 1. The van der Waals surface area contributed by atoms with Crippen molar-refractivity contribution in [2.24, 2.45) is 5.73 Å². The van der Waals surface area contributed by atoms with Gasteiger partial charge in [-0.1, -0.05) is 12.1 Å². The summed E-state index contributed by atoms with van der Waals surface area (Å²) in [4.78, 5) is 16.3. The molecule has 2 aromatic heterocycles. The third-order valence-corrected chi connectivity index (χ3v) is 4.28. The molecule has 3 rings (SSSR count). The molecule has 0 spiro atoms. The Morgan fingerprint density at radius 2 is 1.88 bits per heavy atom. The van der Waals surface area contributed by atoms with Gasteiger partial charge in [0.05, 0.1) is 11.3 Å². The van der Waals surface area contributed by atoms with E-state index in [1.165, 1.54) is 6.07 Å². The van der Waals surface area contributed by atoms with E-state index in [1.807, 2.05) is 17.6 Å². The number of rotatable bonds is 4. The maximum atomic E-state index is 13.5. The van der Waals surface area contributed by atoms with Gasteiger partial charge in [-0.25, -0.2) is 8.78 Å². The van der Waals surface area contributed by atoms with E-state index in [9.17, 15) is 13.6 Å². The van der Waals surface area contributed by atoms with Crippen molar-refractivity contribution in [3.05, 3.63) is 76.7 Å². The zero-order chi connectivity index (χ0) is 18.1. The Bertz CT molecular complexity index is 949. The standard InChI is InChI=1S/C19H17F2N3O/c1-11-17(16-5-3-4-8-23-16)18(19(22)25)12(2)24(11)10-13-6-7-14(20)15(21)9-13/h3-9H,10H2,1-2H3,(H2,22,25). The van der Waals surface area contributed by atoms with Crippen molar-refractivity contribution in [3.63, 3.8) is 0 Å². The van der Waals surface area contributed by atoms with Crippen LogP contribution in [0.4, 0.5) is 8.78 Å². The fraction of sp³-hybridized carbons (Fsp3) is 0.158. The second kappa shape index (κ2) is 6.47. The quantitative estimate of drug-likeness (QED) is 0.788. The average Bonchev–Trinajstić information content (AvgIpc) is 2.83. The van der Waals surface area contributed by atoms with Crippen LogP contribution >= 0.6 is 0 Å². The monoisotopic (exact) mass is 341 g/mol. The SMILES string of the molecule is Cc1c(C(N)=O)c(-c2ccccn2)c(C)n1Cc1ccc(F)c(F)c1. The van der Waals surface area contributed by atoms with Crippen molar-refractivity contribution < 1.29 is 13.6 Å². The fourth-order valence-corrected chi connectivity index (χ4v) is 3.07. The van der Waals surface area contributed by atoms with Gasteiger partial charge in [-0.05, 0) is 43.7 Å². The molecule has 2 heterocycles. The number of carbonyl (C=O) groups is 1. The minimum absolute atomic E-state index is 0.294. The second-order valence-electron chi connectivity index (χ2n) is 5.83. The molecule has 0 bridgehead atoms. The number of amides is 1. The average molecular weight is 341 g/mol. The molecule has 0 unspecified atom stereocenters. The van der Waals surface area contributed by atoms with Gasteiger partial charge >= 0.3 is 0 Å². The molecule has 1 amide bonds. The van der Waals surface area contributed by atoms with Crippen LogP contribution in [0.1, 0.15) is 27.3 Å². The molecule has 0 aliphatic carbocycles. The number of carbonyl (C=O) groups excluding carboxylic acids is 1. The van der Waals surface area contributed by atoms with Crippen LogP contribution in [0.5, 0.6) is 0 Å². The van der Waals surface area contributed by atoms with Crippen LogP contribution in [-0.2, 0) is 6.54 Å². The van der Waals surface area contributed by atoms with Crippen LogP contribution in [0, 0.1) is 25.5 Å². The van der Waals surface area contributed by atoms with Gasteiger partial charge in [-0.3, -0.25) is 9.78 Å². The lowest BCUT2D eigenvalue weighted by atomic mass is 10.0. The number of hydrogen-bond acceptors (Lipinski definition) is 2. The Labute approximate surface area is 143 Å². The topological polar surface area (TPSA) is 60.9 Å². The summed E-state index contributed by atoms with van der Waals surface area (Å²) >= 11 is 0. The van der Waals surface area contributed by atoms with E-state index in [2.05, 4.69) is 4.98 Å². The Balaban J connectivity index is 2.15. The lowest BCUT2D eigenvalue weighted by Crippen LogP contribution is -2.14. The van der Waals surface area contributed by atoms with Gasteiger partial charge < -0.3 is 10.3 Å². The largest absolute Gasteiger partial charge is 0.366 e. The molecule has 6 heteroatoms. The molecule has 0 radical (unpaired) electrons. The summed E-state index contributed by atoms with van der Waals surface area (Å²) in [7, 11) is 0. The van der Waals surface area contributed by atoms with Crippen LogP contribution < -0.4 is 5.73 Å². The summed E-state index contributed by atoms with van der Waals surface area (Å²) in [6.07, 6.45) is 1.64. The highest BCUT2D eigenvalue weighted by Crippen LogP contribution is 2.31. The number of aromatic nitrogens is 2. The van der Waals surface area contributed by atoms with Crippen LogP contribution in [-0.4, -0.2) is 15.5 Å². The predicted molar refractivity (Wildman–Crippen MR) is 91.1 cm³/mol. The summed E-state index contributed by atoms with van der Waals surface area (Å²) in [5.41, 5.74) is 9.31. The highest BCUT2D eigenvalue weighted by atomic mass is 19.2. The molecule has 2 N–H and O–H groups in total. The van der Waals surface area contributed by atoms with E-state index < -0.39 is 17.5 Å². The Morgan fingerprint density at radius 1 is 1.12 bits per heavy atom. The molecule has 0 fully saturated rings. The molecule has 0 aliphatic rings. The summed E-state index contributed by atoms with van der Waals surface area (Å²) in [6, 6.07) is 9.17. The lowest BCUT2D eigenvalue weighted by Gasteiger charge is -2.10. The van der Waals surface area contributed by atoms with Gasteiger partial charge in [0.25, 0.3) is 5.91 Å². The fourth-order valence-electron chi connectivity index (χ4n) is 3.07. The third kappa shape index (κ3) is 3.03. The van der Waals surface area contributed by atoms with Crippen LogP contribution in [0.2, 0.25) is 0 Å². The van der Waals surface area contributed by atoms with Crippen molar-refractivity contribution in [2.75, 3.05) is 0 Å². The van der Waals surface area contributed by atoms with Crippen molar-refractivity contribution in [2.45, 2.75) is 20.4 Å². The van der Waals surface area contributed by atoms with E-state index in [0.29, 0.717) is 34.6 Å². The minimum atomic E-state index is -0.903. The number of primary amides is 1. The van der Waals surface area contributed by atoms with Gasteiger partial charge in [-0.15, -0.1) is 0 Å². The van der Waals surface area contributed by atoms with Crippen LogP contribution in [0.3, 0.4) is 0 Å². The minimum Gasteiger partial charge on any atom is -0.366 e. The Hall–Kier alpha value is -3.02. The van der Waals surface area contributed by atoms with Gasteiger partial charge in [-0.2, -0.15) is 0 Å². The van der Waals surface area contributed by atoms with Gasteiger partial charge in [0, 0.05) is 29.7 Å². The zero-order valence-electron chi connectivity index (χ0n) is 13.9. The molecule has 3 aromatic rings. The first-order valence-electron chi connectivity index (χ1n) is 7.75. The van der Waals surface area contributed by atoms with E-state index in [-0.39, 0.29) is 0 Å². The Kier molecular flexibility index (Phi) is 4.35. The predicted octanol–water partition coefficient (Wildman–Crippen LogP) is 3.59. The first-order chi connectivity index (χ1) is 11.9. The zero-order valence-corrected chi connectivity index (χ0v) is 13.9. The van der Waals surface area contributed by atoms with E-state index in [0.717, 1.165) is 17.8 Å². The molecule has 128 valence electrons. The lowest BCUT2D eigenvalue weighted by molar-refractivity contribution is 0.1000. The smallest absolute Gasteiger partial charge is 0.251 e. The number of pyridine rings is 1. The Morgan fingerprint density at radius 3 is 2.48 bits per heavy atom. The first kappa shape index (κ1) is 16.8. The second-order valence-corrected chi connectivity index (χ2v) is 5.83. The van der Waals surface area contributed by atoms with Crippen molar-refractivity contribution in [1.82, 2.24) is 9.55 Å².